The van der Waals surface area contributed by atoms with E-state index in [9.17, 15) is 9.59 Å². The molecule has 2 aromatic rings. The standard InChI is InChI=1S/C20H24N2O2/c1-14-9-8-10-15(2)17(14)22-19(24)20(3,4)18(23)21-13-16-11-6-5-7-12-16/h5-12H,13H2,1-4H3,(H,21,23)(H,22,24). The highest BCUT2D eigenvalue weighted by atomic mass is 16.2. The molecule has 0 aliphatic heterocycles. The van der Waals surface area contributed by atoms with Gasteiger partial charge in [-0.2, -0.15) is 0 Å². The van der Waals surface area contributed by atoms with E-state index < -0.39 is 5.41 Å². The van der Waals surface area contributed by atoms with E-state index in [1.165, 1.54) is 0 Å². The fraction of sp³-hybridized carbons (Fsp3) is 0.300. The number of benzene rings is 2. The van der Waals surface area contributed by atoms with Crippen LogP contribution in [0.15, 0.2) is 48.5 Å². The lowest BCUT2D eigenvalue weighted by Crippen LogP contribution is -2.45. The van der Waals surface area contributed by atoms with Crippen LogP contribution in [0.25, 0.3) is 0 Å². The molecule has 4 nitrogen and oxygen atoms in total. The van der Waals surface area contributed by atoms with Gasteiger partial charge in [0, 0.05) is 12.2 Å². The molecule has 0 atom stereocenters. The summed E-state index contributed by atoms with van der Waals surface area (Å²) < 4.78 is 0. The molecule has 24 heavy (non-hydrogen) atoms. The van der Waals surface area contributed by atoms with E-state index in [2.05, 4.69) is 10.6 Å². The van der Waals surface area contributed by atoms with E-state index in [4.69, 9.17) is 0 Å². The minimum atomic E-state index is -1.16. The van der Waals surface area contributed by atoms with Crippen molar-refractivity contribution in [2.45, 2.75) is 34.2 Å². The summed E-state index contributed by atoms with van der Waals surface area (Å²) in [4.78, 5) is 25.1. The molecule has 0 heterocycles. The molecule has 2 rings (SSSR count). The molecule has 0 unspecified atom stereocenters. The molecule has 0 fully saturated rings. The lowest BCUT2D eigenvalue weighted by Gasteiger charge is -2.24. The first-order chi connectivity index (χ1) is 11.3. The van der Waals surface area contributed by atoms with Gasteiger partial charge in [-0.3, -0.25) is 9.59 Å². The lowest BCUT2D eigenvalue weighted by atomic mass is 9.90. The van der Waals surface area contributed by atoms with E-state index in [1.807, 2.05) is 62.4 Å². The highest BCUT2D eigenvalue weighted by Crippen LogP contribution is 2.24. The van der Waals surface area contributed by atoms with Crippen LogP contribution in [0.5, 0.6) is 0 Å². The summed E-state index contributed by atoms with van der Waals surface area (Å²) >= 11 is 0. The van der Waals surface area contributed by atoms with Crippen LogP contribution in [0.1, 0.15) is 30.5 Å². The van der Waals surface area contributed by atoms with Crippen LogP contribution in [0.4, 0.5) is 5.69 Å². The average Bonchev–Trinajstić information content (AvgIpc) is 2.56. The van der Waals surface area contributed by atoms with Crippen molar-refractivity contribution in [3.63, 3.8) is 0 Å². The first kappa shape index (κ1) is 17.7. The SMILES string of the molecule is Cc1cccc(C)c1NC(=O)C(C)(C)C(=O)NCc1ccccc1. The van der Waals surface area contributed by atoms with Gasteiger partial charge in [0.15, 0.2) is 0 Å². The summed E-state index contributed by atoms with van der Waals surface area (Å²) in [6, 6.07) is 15.4. The average molecular weight is 324 g/mol. The van der Waals surface area contributed by atoms with E-state index in [-0.39, 0.29) is 11.8 Å². The summed E-state index contributed by atoms with van der Waals surface area (Å²) in [5.41, 5.74) is 2.56. The molecule has 2 aromatic carbocycles. The third kappa shape index (κ3) is 4.02. The number of rotatable bonds is 5. The highest BCUT2D eigenvalue weighted by molar-refractivity contribution is 6.10. The Bertz CT molecular complexity index is 716. The monoisotopic (exact) mass is 324 g/mol. The van der Waals surface area contributed by atoms with Gasteiger partial charge in [-0.15, -0.1) is 0 Å². The number of amides is 2. The Balaban J connectivity index is 2.05. The van der Waals surface area contributed by atoms with Gasteiger partial charge in [0.25, 0.3) is 0 Å². The minimum Gasteiger partial charge on any atom is -0.351 e. The maximum absolute atomic E-state index is 12.6. The number of carbonyl (C=O) groups is 2. The molecule has 2 amide bonds. The first-order valence-corrected chi connectivity index (χ1v) is 8.02. The molecule has 126 valence electrons. The number of para-hydroxylation sites is 1. The molecule has 0 aliphatic carbocycles. The number of anilines is 1. The summed E-state index contributed by atoms with van der Waals surface area (Å²) in [5, 5.41) is 5.73. The van der Waals surface area contributed by atoms with Crippen molar-refractivity contribution < 1.29 is 9.59 Å². The molecule has 0 radical (unpaired) electrons. The van der Waals surface area contributed by atoms with E-state index in [0.29, 0.717) is 6.54 Å². The Morgan fingerprint density at radius 3 is 2.04 bits per heavy atom. The summed E-state index contributed by atoms with van der Waals surface area (Å²) in [6.45, 7) is 7.54. The maximum atomic E-state index is 12.6. The van der Waals surface area contributed by atoms with Crippen molar-refractivity contribution in [2.24, 2.45) is 5.41 Å². The zero-order chi connectivity index (χ0) is 17.7. The van der Waals surface area contributed by atoms with Crippen LogP contribution >= 0.6 is 0 Å². The molecule has 0 spiro atoms. The fourth-order valence-corrected chi connectivity index (χ4v) is 2.38. The molecule has 0 aromatic heterocycles. The Morgan fingerprint density at radius 2 is 1.46 bits per heavy atom. The van der Waals surface area contributed by atoms with Crippen molar-refractivity contribution in [3.05, 3.63) is 65.2 Å². The Hall–Kier alpha value is -2.62. The molecular formula is C20H24N2O2. The van der Waals surface area contributed by atoms with Gasteiger partial charge in [0.1, 0.15) is 5.41 Å². The Kier molecular flexibility index (Phi) is 5.39. The predicted molar refractivity (Wildman–Crippen MR) is 96.6 cm³/mol. The van der Waals surface area contributed by atoms with Crippen LogP contribution in [-0.2, 0) is 16.1 Å². The van der Waals surface area contributed by atoms with E-state index >= 15 is 0 Å². The molecule has 0 bridgehead atoms. The number of aryl methyl sites for hydroxylation is 2. The van der Waals surface area contributed by atoms with Crippen LogP contribution in [-0.4, -0.2) is 11.8 Å². The van der Waals surface area contributed by atoms with Gasteiger partial charge in [0.2, 0.25) is 11.8 Å². The molecule has 2 N–H and O–H groups in total. The fourth-order valence-electron chi connectivity index (χ4n) is 2.38. The topological polar surface area (TPSA) is 58.2 Å². The zero-order valence-electron chi connectivity index (χ0n) is 14.6. The highest BCUT2D eigenvalue weighted by Gasteiger charge is 2.36. The lowest BCUT2D eigenvalue weighted by molar-refractivity contribution is -0.138. The van der Waals surface area contributed by atoms with Crippen molar-refractivity contribution in [1.82, 2.24) is 5.32 Å². The molecular weight excluding hydrogens is 300 g/mol. The van der Waals surface area contributed by atoms with Gasteiger partial charge in [0.05, 0.1) is 0 Å². The second-order valence-corrected chi connectivity index (χ2v) is 6.51. The normalized spacial score (nSPS) is 11.0. The summed E-state index contributed by atoms with van der Waals surface area (Å²) in [7, 11) is 0. The quantitative estimate of drug-likeness (QED) is 0.826. The van der Waals surface area contributed by atoms with Gasteiger partial charge < -0.3 is 10.6 Å². The van der Waals surface area contributed by atoms with Crippen LogP contribution in [0.2, 0.25) is 0 Å². The summed E-state index contributed by atoms with van der Waals surface area (Å²) in [6.07, 6.45) is 0. The van der Waals surface area contributed by atoms with Gasteiger partial charge >= 0.3 is 0 Å². The van der Waals surface area contributed by atoms with Crippen molar-refractivity contribution >= 4 is 17.5 Å². The molecule has 4 heteroatoms. The summed E-state index contributed by atoms with van der Waals surface area (Å²) in [5.74, 6) is -0.611. The van der Waals surface area contributed by atoms with Gasteiger partial charge in [-0.05, 0) is 44.4 Å². The second kappa shape index (κ2) is 7.30. The minimum absolute atomic E-state index is 0.296. The molecule has 0 aliphatic rings. The third-order valence-corrected chi connectivity index (χ3v) is 4.15. The Labute approximate surface area is 143 Å². The van der Waals surface area contributed by atoms with Crippen molar-refractivity contribution in [1.29, 1.82) is 0 Å². The number of carbonyl (C=O) groups excluding carboxylic acids is 2. The zero-order valence-corrected chi connectivity index (χ0v) is 14.6. The third-order valence-electron chi connectivity index (χ3n) is 4.15. The largest absolute Gasteiger partial charge is 0.351 e. The Morgan fingerprint density at radius 1 is 0.875 bits per heavy atom. The van der Waals surface area contributed by atoms with Gasteiger partial charge in [-0.25, -0.2) is 0 Å². The predicted octanol–water partition coefficient (Wildman–Crippen LogP) is 3.58. The molecule has 0 saturated carbocycles. The number of hydrogen-bond acceptors (Lipinski definition) is 2. The van der Waals surface area contributed by atoms with E-state index in [1.54, 1.807) is 13.8 Å². The van der Waals surface area contributed by atoms with Crippen molar-refractivity contribution in [2.75, 3.05) is 5.32 Å². The van der Waals surface area contributed by atoms with Crippen LogP contribution in [0, 0.1) is 19.3 Å². The maximum Gasteiger partial charge on any atom is 0.239 e. The first-order valence-electron chi connectivity index (χ1n) is 8.02. The van der Waals surface area contributed by atoms with Crippen molar-refractivity contribution in [3.8, 4) is 0 Å². The van der Waals surface area contributed by atoms with Gasteiger partial charge in [-0.1, -0.05) is 48.5 Å². The smallest absolute Gasteiger partial charge is 0.239 e. The number of nitrogens with one attached hydrogen (secondary N) is 2. The van der Waals surface area contributed by atoms with Crippen LogP contribution in [0.3, 0.4) is 0 Å². The molecule has 0 saturated heterocycles. The number of hydrogen-bond donors (Lipinski definition) is 2. The van der Waals surface area contributed by atoms with Crippen LogP contribution < -0.4 is 10.6 Å². The van der Waals surface area contributed by atoms with E-state index in [0.717, 1.165) is 22.4 Å². The second-order valence-electron chi connectivity index (χ2n) is 6.51.